The number of amides is 1. The van der Waals surface area contributed by atoms with Gasteiger partial charge in [-0.2, -0.15) is 6.92 Å². The molecule has 4 saturated heterocycles. The number of likely N-dealkylation sites (tertiary alicyclic amines) is 4. The second-order valence-electron chi connectivity index (χ2n) is 39.1. The van der Waals surface area contributed by atoms with Crippen LogP contribution in [-0.4, -0.2) is 284 Å². The number of nitrogens with one attached hydrogen (secondary N) is 1. The van der Waals surface area contributed by atoms with Crippen LogP contribution in [0.25, 0.3) is 0 Å². The zero-order valence-corrected chi connectivity index (χ0v) is 89.4. The van der Waals surface area contributed by atoms with Gasteiger partial charge in [0.1, 0.15) is 29.1 Å². The van der Waals surface area contributed by atoms with Crippen molar-refractivity contribution < 1.29 is 114 Å². The van der Waals surface area contributed by atoms with Crippen LogP contribution >= 0.6 is 37.0 Å². The average Bonchev–Trinajstić information content (AvgIpc) is 1.56. The van der Waals surface area contributed by atoms with Crippen LogP contribution in [0.15, 0.2) is 78.8 Å². The van der Waals surface area contributed by atoms with Crippen LogP contribution in [0.1, 0.15) is 189 Å². The molecule has 8 bridgehead atoms. The SMILES string of the molecule is C=[C-]C.CCC(C(=O)CCP)N(C)C(=O)OC1=CC[C@H]2[C@H]3Cc4ccc(OC)c5c4[C@@]2(CCN3C)[C@H]1O5.CCC(C(=O)OC1=CC[C@H]2[C@H]3Cc4ccc(OC)c5c4[C@@]2(CCN3C)[C@H]1O5)N(C)CP.CCC(C(C)=O)N(C)CP.CCC(NC)C(=O)CCP.COc1ccc2c3c1O[C@H]1C(=O)CC[C@H]4[C@@H](C2)N(C)CC[C@]314.COc1ccc2c3c1O[C@H]1C(=O)CC[C@H]4[C@@H](C2)N(C)CC[C@]314.[Y]. The van der Waals surface area contributed by atoms with Crippen molar-refractivity contribution in [3.63, 3.8) is 0 Å². The van der Waals surface area contributed by atoms with Gasteiger partial charge in [0.05, 0.1) is 46.6 Å². The van der Waals surface area contributed by atoms with E-state index in [1.807, 2.05) is 89.0 Å². The Hall–Kier alpha value is -5.87. The summed E-state index contributed by atoms with van der Waals surface area (Å²) in [6, 6.07) is 18.2. The molecule has 6 fully saturated rings. The monoisotopic (exact) mass is 1980 g/mol. The molecule has 2 saturated carbocycles. The summed E-state index contributed by atoms with van der Waals surface area (Å²) in [4.78, 5) is 102. The number of carbonyl (C=O) groups excluding carboxylic acids is 7. The molecule has 1 radical (unpaired) electrons. The Morgan fingerprint density at radius 1 is 0.496 bits per heavy atom. The van der Waals surface area contributed by atoms with Gasteiger partial charge in [0.2, 0.25) is 0 Å². The summed E-state index contributed by atoms with van der Waals surface area (Å²) >= 11 is 0. The summed E-state index contributed by atoms with van der Waals surface area (Å²) < 4.78 is 60.3. The smallest absolute Gasteiger partial charge is 0.415 e. The van der Waals surface area contributed by atoms with Crippen molar-refractivity contribution in [2.75, 3.05) is 136 Å². The van der Waals surface area contributed by atoms with Crippen LogP contribution in [0.5, 0.6) is 46.0 Å². The van der Waals surface area contributed by atoms with Crippen LogP contribution in [0.3, 0.4) is 0 Å². The first-order valence-corrected chi connectivity index (χ1v) is 51.5. The van der Waals surface area contributed by atoms with Crippen molar-refractivity contribution in [1.29, 1.82) is 0 Å². The number of ketones is 5. The summed E-state index contributed by atoms with van der Waals surface area (Å²) in [7, 11) is 33.5. The van der Waals surface area contributed by atoms with Crippen molar-refractivity contribution in [2.24, 2.45) is 23.7 Å². The minimum Gasteiger partial charge on any atom is -0.507 e. The van der Waals surface area contributed by atoms with Crippen molar-refractivity contribution in [1.82, 2.24) is 39.6 Å². The molecule has 4 aromatic rings. The van der Waals surface area contributed by atoms with Crippen molar-refractivity contribution in [3.05, 3.63) is 129 Å². The quantitative estimate of drug-likeness (QED) is 0.0389. The van der Waals surface area contributed by atoms with Crippen LogP contribution < -0.4 is 43.2 Å². The molecule has 1 amide bonds. The molecule has 1 N–H and O–H groups in total. The molecule has 25 nitrogen and oxygen atoms in total. The van der Waals surface area contributed by atoms with E-state index in [0.29, 0.717) is 110 Å². The van der Waals surface area contributed by atoms with E-state index in [-0.39, 0.29) is 126 Å². The molecule has 725 valence electrons. The molecule has 0 aromatic heterocycles. The van der Waals surface area contributed by atoms with E-state index in [2.05, 4.69) is 133 Å². The van der Waals surface area contributed by atoms with Crippen LogP contribution in [0.4, 0.5) is 4.79 Å². The first-order chi connectivity index (χ1) is 63.4. The molecule has 8 aliphatic carbocycles. The molecule has 4 aromatic carbocycles. The van der Waals surface area contributed by atoms with Gasteiger partial charge in [-0.15, -0.1) is 37.0 Å². The van der Waals surface area contributed by atoms with Gasteiger partial charge < -0.3 is 83.3 Å². The zero-order valence-electron chi connectivity index (χ0n) is 82.0. The molecule has 8 heterocycles. The van der Waals surface area contributed by atoms with E-state index in [4.69, 9.17) is 47.4 Å². The van der Waals surface area contributed by atoms with E-state index >= 15 is 0 Å². The fourth-order valence-electron chi connectivity index (χ4n) is 26.7. The van der Waals surface area contributed by atoms with Gasteiger partial charge in [0.15, 0.2) is 87.8 Å². The Morgan fingerprint density at radius 3 is 1.13 bits per heavy atom. The number of methoxy groups -OCH3 is 4. The van der Waals surface area contributed by atoms with Crippen molar-refractivity contribution >= 4 is 77.9 Å². The van der Waals surface area contributed by atoms with Crippen LogP contribution in [0, 0.1) is 29.7 Å². The molecule has 133 heavy (non-hydrogen) atoms. The minimum absolute atomic E-state index is 0. The summed E-state index contributed by atoms with van der Waals surface area (Å²) in [5, 5.41) is 2.98. The summed E-state index contributed by atoms with van der Waals surface area (Å²) in [6.07, 6.45) is 25.5. The average molecular weight is 1980 g/mol. The second-order valence-corrected chi connectivity index (χ2v) is 41.0. The maximum atomic E-state index is 13.2. The number of esters is 1. The number of carbonyl (C=O) groups is 7. The Labute approximate surface area is 824 Å². The van der Waals surface area contributed by atoms with Crippen molar-refractivity contribution in [3.8, 4) is 46.0 Å². The molecule has 16 aliphatic rings. The van der Waals surface area contributed by atoms with Crippen molar-refractivity contribution in [2.45, 2.75) is 264 Å². The Balaban J connectivity index is 0.000000141. The first-order valence-electron chi connectivity index (χ1n) is 48.2. The van der Waals surface area contributed by atoms with Gasteiger partial charge in [0, 0.05) is 146 Å². The van der Waals surface area contributed by atoms with E-state index < -0.39 is 12.1 Å². The zero-order chi connectivity index (χ0) is 95.1. The topological polar surface area (TPSA) is 246 Å². The van der Waals surface area contributed by atoms with Gasteiger partial charge >= 0.3 is 12.1 Å². The van der Waals surface area contributed by atoms with Gasteiger partial charge in [-0.3, -0.25) is 40.4 Å². The molecule has 30 heteroatoms. The van der Waals surface area contributed by atoms with E-state index in [1.54, 1.807) is 49.3 Å². The van der Waals surface area contributed by atoms with E-state index in [1.165, 1.54) is 49.4 Å². The largest absolute Gasteiger partial charge is 0.507 e. The van der Waals surface area contributed by atoms with E-state index in [9.17, 15) is 33.6 Å². The molecule has 8 unspecified atom stereocenters. The van der Waals surface area contributed by atoms with Gasteiger partial charge in [-0.1, -0.05) is 52.0 Å². The summed E-state index contributed by atoms with van der Waals surface area (Å²) in [5.41, 5.74) is 10.0. The third kappa shape index (κ3) is 18.3. The molecule has 20 rings (SSSR count). The predicted molar refractivity (Wildman–Crippen MR) is 527 cm³/mol. The van der Waals surface area contributed by atoms with Crippen LogP contribution in [0.2, 0.25) is 0 Å². The fourth-order valence-corrected chi connectivity index (χ4v) is 27.8. The van der Waals surface area contributed by atoms with Gasteiger partial charge in [0.25, 0.3) is 0 Å². The Kier molecular flexibility index (Phi) is 34.5. The molecule has 4 spiro atoms. The number of hydrogen-bond donors (Lipinski definition) is 1. The van der Waals surface area contributed by atoms with E-state index in [0.717, 1.165) is 181 Å². The summed E-state index contributed by atoms with van der Waals surface area (Å²) in [6.45, 7) is 18.7. The second kappa shape index (κ2) is 43.9. The minimum atomic E-state index is -0.503. The van der Waals surface area contributed by atoms with Crippen LogP contribution in [-0.2, 0) is 118 Å². The number of allylic oxidation sites excluding steroid dienone is 3. The normalized spacial score (nSPS) is 29.7. The number of piperidine rings is 4. The number of benzene rings is 4. The molecular formula is C103H147N8O17P4Y-. The Morgan fingerprint density at radius 2 is 0.820 bits per heavy atom. The molecule has 8 aliphatic heterocycles. The standard InChI is InChI=1S/C26H35N2O5P.C24H33N2O4P.2C18H21NO3.2C7H16NOP.C3H5.Y/c1-5-17(19(29)10-13-34)28(3)25(30)32-21-9-7-16-18-14-15-6-8-20(31-4)23-22(15)26(16,24(21)33-23)11-12-27(18)2;1-5-16(26(3)13-31)23(27)29-19-9-7-15-17-12-14-6-8-18(28-4)21-20(14)24(15,22(19)30-21)10-11-25(17)2;2*1-19-8-7-18-11-4-5-13(20)17(18)22-16-14(21-2)6-3-10(15(16)18)9-12(11)19;1-4-7(6(2)9)8(3)5-10;1-3-6(8-2)7(9)4-5-10;1-3-2;/h6,8-9,16-18,24H,5,7,10-14,34H2,1-4H3;6,8-9,15-17,22H,5,7,10-13,31H2,1-4H3;2*3,6,11-12,17H,4-5,7-9H2,1-2H3;7H,4-5,10H2,1-3H3;6,8H,3-5,10H2,1-2H3;1H2,2H3;/q;;;;;;-1;/t16-,17?,18+,24-,26-;15-,16?,17+,22-,24-;2*11-,12+,17-,18-;;;;/m0000..../s1. The number of nitrogens with zero attached hydrogens (tertiary/aromatic N) is 7. The molecule has 24 atom stereocenters. The number of Topliss-reactive ketones (excluding diaryl/α,β-unsaturated/α-hetero) is 5. The number of rotatable bonds is 24. The molecular weight excluding hydrogens is 1830 g/mol. The number of likely N-dealkylation sites (N-methyl/N-ethyl adjacent to an activating group) is 8. The van der Waals surface area contributed by atoms with Gasteiger partial charge in [-0.05, 0) is 280 Å². The number of ether oxygens (including phenoxy) is 10. The fraction of sp³-hybridized carbons (Fsp3) is 0.641. The predicted octanol–water partition coefficient (Wildman–Crippen LogP) is 13.3. The third-order valence-corrected chi connectivity index (χ3v) is 34.8. The maximum Gasteiger partial charge on any atom is 0.415 e. The number of hydrogen-bond acceptors (Lipinski definition) is 24. The Bertz CT molecular complexity index is 4920. The third-order valence-electron chi connectivity index (χ3n) is 33.1. The summed E-state index contributed by atoms with van der Waals surface area (Å²) in [5.74, 6) is 10.6. The maximum absolute atomic E-state index is 13.2. The first kappa shape index (κ1) is 104. The van der Waals surface area contributed by atoms with Gasteiger partial charge in [-0.25, -0.2) is 9.59 Å².